The number of halogens is 4. The predicted octanol–water partition coefficient (Wildman–Crippen LogP) is 3.83. The number of carbonyl (C=O) groups excluding carboxylic acids is 1. The number of nitrogens with zero attached hydrogens (tertiary/aromatic N) is 2. The van der Waals surface area contributed by atoms with Gasteiger partial charge in [0.05, 0.1) is 16.4 Å². The molecule has 1 aromatic heterocycles. The second kappa shape index (κ2) is 7.94. The lowest BCUT2D eigenvalue weighted by molar-refractivity contribution is -0.122. The van der Waals surface area contributed by atoms with Crippen LogP contribution < -0.4 is 10.1 Å². The van der Waals surface area contributed by atoms with Gasteiger partial charge in [0.25, 0.3) is 0 Å². The Morgan fingerprint density at radius 1 is 1.46 bits per heavy atom. The number of ether oxygens (including phenoxy) is 1. The summed E-state index contributed by atoms with van der Waals surface area (Å²) in [6, 6.07) is 4.61. The summed E-state index contributed by atoms with van der Waals surface area (Å²) >= 11 is 9.29. The van der Waals surface area contributed by atoms with E-state index < -0.39 is 6.61 Å². The third kappa shape index (κ3) is 4.67. The first-order chi connectivity index (χ1) is 11.3. The second-order valence-electron chi connectivity index (χ2n) is 5.05. The number of alkyl halides is 2. The average molecular weight is 423 g/mol. The molecule has 0 spiro atoms. The molecule has 130 valence electrons. The fraction of sp³-hybridized carbons (Fsp3) is 0.333. The van der Waals surface area contributed by atoms with Crippen molar-refractivity contribution in [1.82, 2.24) is 15.1 Å². The van der Waals surface area contributed by atoms with Crippen molar-refractivity contribution in [2.45, 2.75) is 33.5 Å². The second-order valence-corrected chi connectivity index (χ2v) is 6.34. The van der Waals surface area contributed by atoms with Crippen molar-refractivity contribution < 1.29 is 18.3 Å². The van der Waals surface area contributed by atoms with E-state index in [2.05, 4.69) is 31.1 Å². The zero-order valence-corrected chi connectivity index (χ0v) is 15.3. The summed E-state index contributed by atoms with van der Waals surface area (Å²) in [6.45, 7) is 0.612. The molecule has 9 heteroatoms. The van der Waals surface area contributed by atoms with E-state index in [0.717, 1.165) is 0 Å². The standard InChI is InChI=1S/C15H15BrClF2N3O2/c1-8-14(17)9(2)22(21-8)7-13(23)20-6-10-5-11(16)3-4-12(10)24-15(18)19/h3-5,15H,6-7H2,1-2H3,(H,20,23). The minimum absolute atomic E-state index is 0.0154. The molecule has 1 amide bonds. The summed E-state index contributed by atoms with van der Waals surface area (Å²) in [5, 5.41) is 7.34. The number of carbonyl (C=O) groups is 1. The number of nitrogens with one attached hydrogen (secondary N) is 1. The minimum Gasteiger partial charge on any atom is -0.434 e. The fourth-order valence-corrected chi connectivity index (χ4v) is 2.66. The normalized spacial score (nSPS) is 11.0. The lowest BCUT2D eigenvalue weighted by Gasteiger charge is -2.12. The molecule has 2 rings (SSSR count). The van der Waals surface area contributed by atoms with Crippen molar-refractivity contribution in [2.24, 2.45) is 0 Å². The number of rotatable bonds is 6. The smallest absolute Gasteiger partial charge is 0.387 e. The highest BCUT2D eigenvalue weighted by Gasteiger charge is 2.14. The third-order valence-corrected chi connectivity index (χ3v) is 4.34. The van der Waals surface area contributed by atoms with E-state index in [4.69, 9.17) is 11.6 Å². The van der Waals surface area contributed by atoms with Crippen LogP contribution in [0.1, 0.15) is 17.0 Å². The Balaban J connectivity index is 2.03. The van der Waals surface area contributed by atoms with Crippen molar-refractivity contribution in [3.8, 4) is 5.75 Å². The van der Waals surface area contributed by atoms with E-state index in [0.29, 0.717) is 26.4 Å². The van der Waals surface area contributed by atoms with E-state index in [9.17, 15) is 13.6 Å². The quantitative estimate of drug-likeness (QED) is 0.770. The SMILES string of the molecule is Cc1nn(CC(=O)NCc2cc(Br)ccc2OC(F)F)c(C)c1Cl. The van der Waals surface area contributed by atoms with Crippen molar-refractivity contribution in [1.29, 1.82) is 0 Å². The average Bonchev–Trinajstić information content (AvgIpc) is 2.74. The van der Waals surface area contributed by atoms with Gasteiger partial charge in [0, 0.05) is 16.6 Å². The van der Waals surface area contributed by atoms with Crippen LogP contribution >= 0.6 is 27.5 Å². The van der Waals surface area contributed by atoms with Crippen molar-refractivity contribution >= 4 is 33.4 Å². The molecule has 0 aliphatic carbocycles. The van der Waals surface area contributed by atoms with Gasteiger partial charge in [0.2, 0.25) is 5.91 Å². The maximum atomic E-state index is 12.4. The van der Waals surface area contributed by atoms with Crippen LogP contribution in [-0.2, 0) is 17.9 Å². The maximum Gasteiger partial charge on any atom is 0.387 e. The molecule has 0 unspecified atom stereocenters. The highest BCUT2D eigenvalue weighted by atomic mass is 79.9. The molecular weight excluding hydrogens is 408 g/mol. The van der Waals surface area contributed by atoms with E-state index in [1.54, 1.807) is 26.0 Å². The fourth-order valence-electron chi connectivity index (χ4n) is 2.11. The number of aryl methyl sites for hydroxylation is 1. The van der Waals surface area contributed by atoms with Gasteiger partial charge in [-0.15, -0.1) is 0 Å². The van der Waals surface area contributed by atoms with Gasteiger partial charge >= 0.3 is 6.61 Å². The summed E-state index contributed by atoms with van der Waals surface area (Å²) in [6.07, 6.45) is 0. The molecule has 5 nitrogen and oxygen atoms in total. The number of amides is 1. The van der Waals surface area contributed by atoms with Crippen LogP contribution in [0.3, 0.4) is 0 Å². The molecule has 24 heavy (non-hydrogen) atoms. The Hall–Kier alpha value is -1.67. The number of hydrogen-bond acceptors (Lipinski definition) is 3. The van der Waals surface area contributed by atoms with Gasteiger partial charge in [0.15, 0.2) is 0 Å². The van der Waals surface area contributed by atoms with Gasteiger partial charge in [-0.2, -0.15) is 13.9 Å². The summed E-state index contributed by atoms with van der Waals surface area (Å²) in [5.41, 5.74) is 1.76. The highest BCUT2D eigenvalue weighted by molar-refractivity contribution is 9.10. The van der Waals surface area contributed by atoms with E-state index in [1.807, 2.05) is 0 Å². The Morgan fingerprint density at radius 2 is 2.17 bits per heavy atom. The summed E-state index contributed by atoms with van der Waals surface area (Å²) < 4.78 is 31.5. The summed E-state index contributed by atoms with van der Waals surface area (Å²) in [4.78, 5) is 12.1. The molecular formula is C15H15BrClF2N3O2. The molecule has 0 saturated carbocycles. The molecule has 0 aliphatic heterocycles. The maximum absolute atomic E-state index is 12.4. The summed E-state index contributed by atoms with van der Waals surface area (Å²) in [7, 11) is 0. The third-order valence-electron chi connectivity index (χ3n) is 3.30. The molecule has 0 atom stereocenters. The van der Waals surface area contributed by atoms with Crippen LogP contribution in [0.2, 0.25) is 5.02 Å². The molecule has 0 saturated heterocycles. The predicted molar refractivity (Wildman–Crippen MR) is 89.3 cm³/mol. The molecule has 1 heterocycles. The van der Waals surface area contributed by atoms with E-state index >= 15 is 0 Å². The Kier molecular flexibility index (Phi) is 6.17. The van der Waals surface area contributed by atoms with Gasteiger partial charge in [-0.05, 0) is 32.0 Å². The summed E-state index contributed by atoms with van der Waals surface area (Å²) in [5.74, 6) is -0.303. The number of benzene rings is 1. The van der Waals surface area contributed by atoms with Crippen LogP contribution in [0.25, 0.3) is 0 Å². The first-order valence-electron chi connectivity index (χ1n) is 6.97. The van der Waals surface area contributed by atoms with Gasteiger partial charge in [0.1, 0.15) is 12.3 Å². The van der Waals surface area contributed by atoms with Gasteiger partial charge in [-0.1, -0.05) is 27.5 Å². The van der Waals surface area contributed by atoms with Crippen LogP contribution in [0.5, 0.6) is 5.75 Å². The zero-order valence-electron chi connectivity index (χ0n) is 12.9. The largest absolute Gasteiger partial charge is 0.434 e. The van der Waals surface area contributed by atoms with Crippen molar-refractivity contribution in [3.63, 3.8) is 0 Å². The highest BCUT2D eigenvalue weighted by Crippen LogP contribution is 2.25. The molecule has 2 aromatic rings. The minimum atomic E-state index is -2.93. The van der Waals surface area contributed by atoms with Gasteiger partial charge in [-0.25, -0.2) is 0 Å². The van der Waals surface area contributed by atoms with Crippen LogP contribution in [-0.4, -0.2) is 22.3 Å². The molecule has 0 aliphatic rings. The Morgan fingerprint density at radius 3 is 2.75 bits per heavy atom. The topological polar surface area (TPSA) is 56.2 Å². The number of aromatic nitrogens is 2. The van der Waals surface area contributed by atoms with Crippen LogP contribution in [0.4, 0.5) is 8.78 Å². The van der Waals surface area contributed by atoms with Crippen molar-refractivity contribution in [2.75, 3.05) is 0 Å². The lowest BCUT2D eigenvalue weighted by atomic mass is 10.2. The molecule has 1 N–H and O–H groups in total. The van der Waals surface area contributed by atoms with Crippen LogP contribution in [0, 0.1) is 13.8 Å². The first-order valence-corrected chi connectivity index (χ1v) is 8.14. The van der Waals surface area contributed by atoms with E-state index in [-0.39, 0.29) is 24.7 Å². The van der Waals surface area contributed by atoms with Gasteiger partial charge < -0.3 is 10.1 Å². The van der Waals surface area contributed by atoms with Gasteiger partial charge in [-0.3, -0.25) is 9.48 Å². The molecule has 0 fully saturated rings. The first kappa shape index (κ1) is 18.7. The zero-order chi connectivity index (χ0) is 17.9. The molecule has 0 radical (unpaired) electrons. The van der Waals surface area contributed by atoms with Crippen molar-refractivity contribution in [3.05, 3.63) is 44.6 Å². The Bertz CT molecular complexity index is 753. The molecule has 1 aromatic carbocycles. The lowest BCUT2D eigenvalue weighted by Crippen LogP contribution is -2.28. The van der Waals surface area contributed by atoms with Crippen LogP contribution in [0.15, 0.2) is 22.7 Å². The Labute approximate surface area is 151 Å². The molecule has 0 bridgehead atoms. The van der Waals surface area contributed by atoms with E-state index in [1.165, 1.54) is 10.7 Å². The monoisotopic (exact) mass is 421 g/mol. The number of hydrogen-bond donors (Lipinski definition) is 1.